The number of benzene rings is 3. The minimum absolute atomic E-state index is 0.0547. The van der Waals surface area contributed by atoms with E-state index in [1.165, 1.54) is 30.7 Å². The topological polar surface area (TPSA) is 82.0 Å². The van der Waals surface area contributed by atoms with Crippen molar-refractivity contribution < 1.29 is 35.6 Å². The second kappa shape index (κ2) is 15.5. The van der Waals surface area contributed by atoms with Gasteiger partial charge < -0.3 is 10.2 Å². The third-order valence-electron chi connectivity index (χ3n) is 6.91. The number of nitrogens with zero attached hydrogens (tertiary/aromatic N) is 2. The van der Waals surface area contributed by atoms with Gasteiger partial charge in [-0.15, -0.1) is 10.2 Å². The number of alkyl halides is 5. The molecule has 1 aromatic heterocycles. The van der Waals surface area contributed by atoms with Crippen LogP contribution >= 0.6 is 0 Å². The molecule has 1 heterocycles. The number of hydrogen-bond acceptors (Lipinski definition) is 5. The standard InChI is InChI=1S/C18H22F3N3O2.C15H13F3.C2H6/c1-9-6-11(15-23-24-16(26-15)17(3,4)5)13(19)7-12(9)18(20,21)8-14(22)10(2)25;1-2-11-3-5-12(6-4-11)13-7-9-14(10-8-13)15(16,17)18;1-2/h6-7,14H,8,22H2,1-5H3;3-10H,2H2,1H3;1-2H3. The van der Waals surface area contributed by atoms with Crippen molar-refractivity contribution in [3.8, 4) is 22.6 Å². The molecule has 0 aliphatic heterocycles. The molecule has 0 bridgehead atoms. The molecule has 2 N–H and O–H groups in total. The molecule has 0 radical (unpaired) electrons. The SMILES string of the molecule is CC.CC(=O)C(N)CC(F)(F)c1cc(F)c(-c2nnc(C(C)(C)C)o2)cc1C.CCc1ccc(-c2ccc(C(F)(F)F)cc2)cc1. The van der Waals surface area contributed by atoms with Gasteiger partial charge in [-0.3, -0.25) is 4.79 Å². The van der Waals surface area contributed by atoms with Crippen molar-refractivity contribution in [1.82, 2.24) is 10.2 Å². The molecule has 4 rings (SSSR count). The van der Waals surface area contributed by atoms with Gasteiger partial charge in [0.15, 0.2) is 0 Å². The van der Waals surface area contributed by atoms with Crippen molar-refractivity contribution in [2.24, 2.45) is 5.73 Å². The number of hydrogen-bond donors (Lipinski definition) is 1. The van der Waals surface area contributed by atoms with Crippen LogP contribution in [0.4, 0.5) is 26.3 Å². The maximum atomic E-state index is 14.5. The molecule has 46 heavy (non-hydrogen) atoms. The maximum absolute atomic E-state index is 14.5. The fraction of sp³-hybridized carbons (Fsp3) is 0.400. The van der Waals surface area contributed by atoms with Crippen LogP contribution in [0.5, 0.6) is 0 Å². The van der Waals surface area contributed by atoms with E-state index >= 15 is 0 Å². The number of aryl methyl sites for hydroxylation is 2. The Balaban J connectivity index is 0.000000321. The lowest BCUT2D eigenvalue weighted by Crippen LogP contribution is -2.34. The summed E-state index contributed by atoms with van der Waals surface area (Å²) in [5.41, 5.74) is 6.90. The first-order valence-electron chi connectivity index (χ1n) is 14.9. The molecule has 0 saturated heterocycles. The van der Waals surface area contributed by atoms with Crippen molar-refractivity contribution in [2.45, 2.75) is 91.8 Å². The van der Waals surface area contributed by atoms with Gasteiger partial charge in [0.1, 0.15) is 11.6 Å². The molecule has 1 unspecified atom stereocenters. The molecule has 11 heteroatoms. The molecule has 0 aliphatic carbocycles. The summed E-state index contributed by atoms with van der Waals surface area (Å²) in [6.07, 6.45) is -4.21. The van der Waals surface area contributed by atoms with E-state index in [-0.39, 0.29) is 17.0 Å². The van der Waals surface area contributed by atoms with E-state index in [2.05, 4.69) is 17.1 Å². The van der Waals surface area contributed by atoms with Crippen LogP contribution in [0.1, 0.15) is 83.0 Å². The fourth-order valence-corrected chi connectivity index (χ4v) is 4.19. The van der Waals surface area contributed by atoms with Crippen LogP contribution in [-0.4, -0.2) is 22.0 Å². The largest absolute Gasteiger partial charge is 0.420 e. The molecule has 0 fully saturated rings. The Morgan fingerprint density at radius 3 is 1.85 bits per heavy atom. The summed E-state index contributed by atoms with van der Waals surface area (Å²) in [5.74, 6) is -4.68. The van der Waals surface area contributed by atoms with Gasteiger partial charge in [-0.2, -0.15) is 13.2 Å². The number of rotatable bonds is 7. The third kappa shape index (κ3) is 10.0. The van der Waals surface area contributed by atoms with Crippen LogP contribution < -0.4 is 5.73 Å². The van der Waals surface area contributed by atoms with Crippen LogP contribution in [0.25, 0.3) is 22.6 Å². The number of halogens is 6. The van der Waals surface area contributed by atoms with Gasteiger partial charge in [0.05, 0.1) is 17.2 Å². The van der Waals surface area contributed by atoms with E-state index in [1.54, 1.807) is 0 Å². The van der Waals surface area contributed by atoms with Crippen LogP contribution in [0.2, 0.25) is 0 Å². The van der Waals surface area contributed by atoms with E-state index in [1.807, 2.05) is 58.9 Å². The summed E-state index contributed by atoms with van der Waals surface area (Å²) in [6, 6.07) is 13.7. The Hall–Kier alpha value is -3.99. The fourth-order valence-electron chi connectivity index (χ4n) is 4.19. The predicted molar refractivity (Wildman–Crippen MR) is 168 cm³/mol. The summed E-state index contributed by atoms with van der Waals surface area (Å²) < 4.78 is 86.1. The van der Waals surface area contributed by atoms with Crippen molar-refractivity contribution >= 4 is 5.78 Å². The Kier molecular flexibility index (Phi) is 12.9. The highest BCUT2D eigenvalue weighted by Crippen LogP contribution is 2.38. The summed E-state index contributed by atoms with van der Waals surface area (Å²) in [4.78, 5) is 11.2. The zero-order valence-corrected chi connectivity index (χ0v) is 27.3. The lowest BCUT2D eigenvalue weighted by molar-refractivity contribution is -0.137. The van der Waals surface area contributed by atoms with Gasteiger partial charge >= 0.3 is 6.18 Å². The van der Waals surface area contributed by atoms with Gasteiger partial charge in [-0.25, -0.2) is 13.2 Å². The zero-order chi connectivity index (χ0) is 35.0. The van der Waals surface area contributed by atoms with E-state index < -0.39 is 52.7 Å². The first kappa shape index (κ1) is 38.2. The van der Waals surface area contributed by atoms with Crippen LogP contribution in [0.3, 0.4) is 0 Å². The van der Waals surface area contributed by atoms with Gasteiger partial charge in [0.2, 0.25) is 5.89 Å². The molecule has 0 spiro atoms. The van der Waals surface area contributed by atoms with E-state index in [0.29, 0.717) is 5.89 Å². The number of ketones is 1. The molecule has 5 nitrogen and oxygen atoms in total. The highest BCUT2D eigenvalue weighted by molar-refractivity contribution is 5.81. The Bertz CT molecular complexity index is 1570. The first-order valence-corrected chi connectivity index (χ1v) is 14.9. The van der Waals surface area contributed by atoms with Crippen LogP contribution in [0.15, 0.2) is 65.1 Å². The molecular formula is C35H41F6N3O2. The average molecular weight is 650 g/mol. The lowest BCUT2D eigenvalue weighted by atomic mass is 9.94. The van der Waals surface area contributed by atoms with Crippen LogP contribution in [-0.2, 0) is 28.7 Å². The summed E-state index contributed by atoms with van der Waals surface area (Å²) in [5, 5.41) is 7.69. The van der Waals surface area contributed by atoms with E-state index in [4.69, 9.17) is 10.2 Å². The molecule has 1 atom stereocenters. The molecule has 0 aliphatic rings. The average Bonchev–Trinajstić information content (AvgIpc) is 3.50. The monoisotopic (exact) mass is 649 g/mol. The van der Waals surface area contributed by atoms with Gasteiger partial charge in [0.25, 0.3) is 11.8 Å². The third-order valence-corrected chi connectivity index (χ3v) is 6.91. The maximum Gasteiger partial charge on any atom is 0.416 e. The quantitative estimate of drug-likeness (QED) is 0.202. The number of carbonyl (C=O) groups excluding carboxylic acids is 1. The van der Waals surface area contributed by atoms with Crippen molar-refractivity contribution in [1.29, 1.82) is 0 Å². The van der Waals surface area contributed by atoms with Crippen molar-refractivity contribution in [3.05, 3.63) is 94.6 Å². The normalized spacial score (nSPS) is 12.4. The Morgan fingerprint density at radius 2 is 1.41 bits per heavy atom. The highest BCUT2D eigenvalue weighted by atomic mass is 19.4. The highest BCUT2D eigenvalue weighted by Gasteiger charge is 2.37. The van der Waals surface area contributed by atoms with Gasteiger partial charge in [-0.05, 0) is 66.8 Å². The van der Waals surface area contributed by atoms with Crippen molar-refractivity contribution in [3.63, 3.8) is 0 Å². The predicted octanol–water partition coefficient (Wildman–Crippen LogP) is 9.84. The minimum Gasteiger partial charge on any atom is -0.420 e. The molecular weight excluding hydrogens is 608 g/mol. The zero-order valence-electron chi connectivity index (χ0n) is 27.3. The second-order valence-electron chi connectivity index (χ2n) is 11.6. The number of carbonyl (C=O) groups is 1. The Labute approximate surface area is 266 Å². The summed E-state index contributed by atoms with van der Waals surface area (Å²) in [7, 11) is 0. The molecule has 0 saturated carbocycles. The number of nitrogens with two attached hydrogens (primary N) is 1. The molecule has 250 valence electrons. The summed E-state index contributed by atoms with van der Waals surface area (Å²) >= 11 is 0. The van der Waals surface area contributed by atoms with E-state index in [9.17, 15) is 31.1 Å². The smallest absolute Gasteiger partial charge is 0.416 e. The van der Waals surface area contributed by atoms with Crippen molar-refractivity contribution in [2.75, 3.05) is 0 Å². The summed E-state index contributed by atoms with van der Waals surface area (Å²) in [6.45, 7) is 14.2. The first-order chi connectivity index (χ1) is 21.3. The lowest BCUT2D eigenvalue weighted by Gasteiger charge is -2.22. The van der Waals surface area contributed by atoms with Crippen LogP contribution in [0, 0.1) is 12.7 Å². The number of aromatic nitrogens is 2. The van der Waals surface area contributed by atoms with Gasteiger partial charge in [0, 0.05) is 17.4 Å². The van der Waals surface area contributed by atoms with E-state index in [0.717, 1.165) is 42.7 Å². The second-order valence-corrected chi connectivity index (χ2v) is 11.6. The minimum atomic E-state index is -4.27. The number of Topliss-reactive ketones (excluding diaryl/α,β-unsaturated/α-hetero) is 1. The Morgan fingerprint density at radius 1 is 0.891 bits per heavy atom. The molecule has 0 amide bonds. The molecule has 3 aromatic carbocycles. The van der Waals surface area contributed by atoms with Gasteiger partial charge in [-0.1, -0.05) is 77.9 Å². The molecule has 4 aromatic rings.